The number of rotatable bonds is 5. The molecule has 3 N–H and O–H groups in total. The minimum Gasteiger partial charge on any atom is -0.478 e. The first kappa shape index (κ1) is 15.0. The van der Waals surface area contributed by atoms with Crippen LogP contribution in [-0.2, 0) is 0 Å². The van der Waals surface area contributed by atoms with Crippen molar-refractivity contribution in [1.82, 2.24) is 5.32 Å². The lowest BCUT2D eigenvalue weighted by atomic mass is 10.2. The predicted octanol–water partition coefficient (Wildman–Crippen LogP) is 3.15. The highest BCUT2D eigenvalue weighted by Crippen LogP contribution is 2.20. The van der Waals surface area contributed by atoms with E-state index in [-0.39, 0.29) is 11.3 Å². The van der Waals surface area contributed by atoms with Gasteiger partial charge in [-0.3, -0.25) is 0 Å². The molecule has 0 aliphatic heterocycles. The number of nitrogens with one attached hydrogen (secondary N) is 2. The van der Waals surface area contributed by atoms with Gasteiger partial charge in [0, 0.05) is 6.54 Å². The molecule has 0 fully saturated rings. The predicted molar refractivity (Wildman–Crippen MR) is 76.9 cm³/mol. The minimum absolute atomic E-state index is 0.0807. The van der Waals surface area contributed by atoms with E-state index in [1.165, 1.54) is 5.57 Å². The van der Waals surface area contributed by atoms with Crippen LogP contribution in [0, 0.1) is 5.82 Å². The average Bonchev–Trinajstić information content (AvgIpc) is 2.94. The summed E-state index contributed by atoms with van der Waals surface area (Å²) in [6, 6.07) is 2.71. The van der Waals surface area contributed by atoms with Gasteiger partial charge in [0.15, 0.2) is 0 Å². The van der Waals surface area contributed by atoms with Gasteiger partial charge in [0.05, 0.1) is 11.3 Å². The molecule has 6 heteroatoms. The first-order chi connectivity index (χ1) is 10.1. The van der Waals surface area contributed by atoms with Gasteiger partial charge in [-0.15, -0.1) is 0 Å². The molecule has 0 radical (unpaired) electrons. The molecule has 1 aliphatic carbocycles. The molecular weight excluding hydrogens is 275 g/mol. The van der Waals surface area contributed by atoms with Crippen molar-refractivity contribution >= 4 is 17.7 Å². The summed E-state index contributed by atoms with van der Waals surface area (Å²) in [5.74, 6) is -1.85. The van der Waals surface area contributed by atoms with E-state index in [0.717, 1.165) is 43.9 Å². The van der Waals surface area contributed by atoms with Crippen LogP contribution in [-0.4, -0.2) is 23.7 Å². The number of hydrogen-bond acceptors (Lipinski definition) is 2. The Bertz CT molecular complexity index is 584. The molecule has 0 heterocycles. The number of halogens is 1. The number of carbonyl (C=O) groups excluding carboxylic acids is 1. The fourth-order valence-corrected chi connectivity index (χ4v) is 2.22. The molecule has 2 rings (SSSR count). The third-order valence-corrected chi connectivity index (χ3v) is 3.33. The molecule has 0 spiro atoms. The fraction of sp³-hybridized carbons (Fsp3) is 0.333. The second kappa shape index (κ2) is 6.88. The number of carboxylic acid groups (broad SMARTS) is 1. The lowest BCUT2D eigenvalue weighted by molar-refractivity contribution is 0.0697. The van der Waals surface area contributed by atoms with Crippen LogP contribution in [0.1, 0.15) is 36.0 Å². The van der Waals surface area contributed by atoms with Crippen molar-refractivity contribution in [2.45, 2.75) is 25.7 Å². The third-order valence-electron chi connectivity index (χ3n) is 3.33. The molecule has 0 aromatic heterocycles. The molecule has 21 heavy (non-hydrogen) atoms. The standard InChI is InChI=1S/C15H17FN2O3/c16-12-6-5-11(14(19)20)9-13(12)18-15(21)17-8-7-10-3-1-2-4-10/h3,5-6,9H,1-2,4,7-8H2,(H,19,20)(H2,17,18,21). The maximum absolute atomic E-state index is 13.5. The number of allylic oxidation sites excluding steroid dienone is 1. The van der Waals surface area contributed by atoms with E-state index in [1.807, 2.05) is 0 Å². The summed E-state index contributed by atoms with van der Waals surface area (Å²) in [7, 11) is 0. The Morgan fingerprint density at radius 3 is 2.81 bits per heavy atom. The van der Waals surface area contributed by atoms with Crippen LogP contribution in [0.2, 0.25) is 0 Å². The van der Waals surface area contributed by atoms with E-state index in [0.29, 0.717) is 6.54 Å². The summed E-state index contributed by atoms with van der Waals surface area (Å²) < 4.78 is 13.5. The van der Waals surface area contributed by atoms with E-state index in [2.05, 4.69) is 16.7 Å². The van der Waals surface area contributed by atoms with Gasteiger partial charge in [-0.1, -0.05) is 11.6 Å². The van der Waals surface area contributed by atoms with Crippen LogP contribution in [0.15, 0.2) is 29.8 Å². The van der Waals surface area contributed by atoms with Crippen molar-refractivity contribution in [3.8, 4) is 0 Å². The van der Waals surface area contributed by atoms with Crippen LogP contribution in [0.4, 0.5) is 14.9 Å². The van der Waals surface area contributed by atoms with Crippen molar-refractivity contribution in [3.05, 3.63) is 41.2 Å². The first-order valence-electron chi connectivity index (χ1n) is 6.82. The van der Waals surface area contributed by atoms with Crippen LogP contribution >= 0.6 is 0 Å². The average molecular weight is 292 g/mol. The molecule has 0 unspecified atom stereocenters. The van der Waals surface area contributed by atoms with Crippen molar-refractivity contribution in [1.29, 1.82) is 0 Å². The minimum atomic E-state index is -1.17. The Balaban J connectivity index is 1.86. The highest BCUT2D eigenvalue weighted by atomic mass is 19.1. The lowest BCUT2D eigenvalue weighted by Gasteiger charge is -2.09. The molecule has 112 valence electrons. The van der Waals surface area contributed by atoms with Gasteiger partial charge < -0.3 is 15.7 Å². The number of urea groups is 1. The normalized spacial score (nSPS) is 13.7. The molecule has 0 atom stereocenters. The number of aromatic carboxylic acids is 1. The molecular formula is C15H17FN2O3. The number of anilines is 1. The molecule has 1 aliphatic rings. The van der Waals surface area contributed by atoms with Crippen molar-refractivity contribution in [3.63, 3.8) is 0 Å². The molecule has 1 aromatic rings. The summed E-state index contributed by atoms with van der Waals surface area (Å²) in [6.45, 7) is 0.470. The van der Waals surface area contributed by atoms with Crippen LogP contribution < -0.4 is 10.6 Å². The highest BCUT2D eigenvalue weighted by Gasteiger charge is 2.11. The molecule has 1 aromatic carbocycles. The monoisotopic (exact) mass is 292 g/mol. The summed E-state index contributed by atoms with van der Waals surface area (Å²) in [6.07, 6.45) is 6.28. The zero-order valence-corrected chi connectivity index (χ0v) is 11.5. The highest BCUT2D eigenvalue weighted by molar-refractivity contribution is 5.93. The SMILES string of the molecule is O=C(NCCC1=CCCC1)Nc1cc(C(=O)O)ccc1F. The van der Waals surface area contributed by atoms with Crippen molar-refractivity contribution < 1.29 is 19.1 Å². The second-order valence-electron chi connectivity index (χ2n) is 4.89. The Kier molecular flexibility index (Phi) is 4.92. The van der Waals surface area contributed by atoms with Gasteiger partial charge in [-0.05, 0) is 43.9 Å². The molecule has 0 bridgehead atoms. The summed E-state index contributed by atoms with van der Waals surface area (Å²) >= 11 is 0. The quantitative estimate of drug-likeness (QED) is 0.729. The number of hydrogen-bond donors (Lipinski definition) is 3. The van der Waals surface area contributed by atoms with Crippen LogP contribution in [0.5, 0.6) is 0 Å². The molecule has 0 saturated heterocycles. The van der Waals surface area contributed by atoms with Crippen molar-refractivity contribution in [2.24, 2.45) is 0 Å². The second-order valence-corrected chi connectivity index (χ2v) is 4.89. The molecule has 2 amide bonds. The third kappa shape index (κ3) is 4.30. The van der Waals surface area contributed by atoms with Gasteiger partial charge in [-0.25, -0.2) is 14.0 Å². The van der Waals surface area contributed by atoms with Crippen molar-refractivity contribution in [2.75, 3.05) is 11.9 Å². The van der Waals surface area contributed by atoms with Gasteiger partial charge in [0.2, 0.25) is 0 Å². The zero-order chi connectivity index (χ0) is 15.2. The smallest absolute Gasteiger partial charge is 0.335 e. The van der Waals surface area contributed by atoms with E-state index < -0.39 is 17.8 Å². The Morgan fingerprint density at radius 2 is 2.14 bits per heavy atom. The zero-order valence-electron chi connectivity index (χ0n) is 11.5. The lowest BCUT2D eigenvalue weighted by Crippen LogP contribution is -2.30. The number of carbonyl (C=O) groups is 2. The number of benzene rings is 1. The van der Waals surface area contributed by atoms with Gasteiger partial charge >= 0.3 is 12.0 Å². The summed E-state index contributed by atoms with van der Waals surface area (Å²) in [4.78, 5) is 22.5. The summed E-state index contributed by atoms with van der Waals surface area (Å²) in [5.41, 5.74) is 1.10. The Hall–Kier alpha value is -2.37. The van der Waals surface area contributed by atoms with Gasteiger partial charge in [-0.2, -0.15) is 0 Å². The van der Waals surface area contributed by atoms with Crippen LogP contribution in [0.3, 0.4) is 0 Å². The Labute approximate surface area is 121 Å². The summed E-state index contributed by atoms with van der Waals surface area (Å²) in [5, 5.41) is 13.8. The maximum atomic E-state index is 13.5. The first-order valence-corrected chi connectivity index (χ1v) is 6.82. The van der Waals surface area contributed by atoms with E-state index in [1.54, 1.807) is 0 Å². The number of carboxylic acids is 1. The molecule has 5 nitrogen and oxygen atoms in total. The topological polar surface area (TPSA) is 78.4 Å². The van der Waals surface area contributed by atoms with Gasteiger partial charge in [0.1, 0.15) is 5.82 Å². The maximum Gasteiger partial charge on any atom is 0.335 e. The van der Waals surface area contributed by atoms with E-state index in [4.69, 9.17) is 5.11 Å². The Morgan fingerprint density at radius 1 is 1.33 bits per heavy atom. The fourth-order valence-electron chi connectivity index (χ4n) is 2.22. The molecule has 0 saturated carbocycles. The number of amides is 2. The van der Waals surface area contributed by atoms with E-state index in [9.17, 15) is 14.0 Å². The van der Waals surface area contributed by atoms with E-state index >= 15 is 0 Å². The largest absolute Gasteiger partial charge is 0.478 e. The van der Waals surface area contributed by atoms with Gasteiger partial charge in [0.25, 0.3) is 0 Å². The van der Waals surface area contributed by atoms with Crippen LogP contribution in [0.25, 0.3) is 0 Å².